The van der Waals surface area contributed by atoms with Crippen LogP contribution in [0.25, 0.3) is 0 Å². The Morgan fingerprint density at radius 3 is 2.12 bits per heavy atom. The third-order valence-electron chi connectivity index (χ3n) is 3.56. The van der Waals surface area contributed by atoms with E-state index in [0.717, 1.165) is 6.42 Å². The molecule has 0 saturated carbocycles. The van der Waals surface area contributed by atoms with Crippen molar-refractivity contribution < 1.29 is 21.5 Å². The summed E-state index contributed by atoms with van der Waals surface area (Å²) in [5, 5.41) is 0.263. The van der Waals surface area contributed by atoms with Crippen molar-refractivity contribution in [3.05, 3.63) is 12.7 Å². The molecule has 0 saturated heterocycles. The van der Waals surface area contributed by atoms with Gasteiger partial charge in [0.25, 0.3) is 0 Å². The molecular formula is C14H29CuOSi. The minimum Gasteiger partial charge on any atom is -0.515 e. The van der Waals surface area contributed by atoms with E-state index in [0.29, 0.717) is 0 Å². The Labute approximate surface area is 120 Å². The van der Waals surface area contributed by atoms with Crippen LogP contribution < -0.4 is 0 Å². The minimum absolute atomic E-state index is 0. The van der Waals surface area contributed by atoms with Crippen LogP contribution in [0.5, 0.6) is 0 Å². The maximum Gasteiger partial charge on any atom is 1.00 e. The van der Waals surface area contributed by atoms with Crippen molar-refractivity contribution in [3.63, 3.8) is 0 Å². The Bertz CT molecular complexity index is 209. The van der Waals surface area contributed by atoms with Crippen LogP contribution >= 0.6 is 0 Å². The molecule has 0 rings (SSSR count). The first-order valence-corrected chi connectivity index (χ1v) is 9.38. The van der Waals surface area contributed by atoms with Gasteiger partial charge in [-0.25, -0.2) is 6.08 Å². The molecule has 17 heavy (non-hydrogen) atoms. The van der Waals surface area contributed by atoms with Crippen LogP contribution in [0.1, 0.15) is 53.4 Å². The van der Waals surface area contributed by atoms with Gasteiger partial charge in [-0.15, -0.1) is 0 Å². The summed E-state index contributed by atoms with van der Waals surface area (Å²) < 4.78 is 6.26. The van der Waals surface area contributed by atoms with Crippen LogP contribution in [-0.4, -0.2) is 14.4 Å². The Morgan fingerprint density at radius 1 is 1.24 bits per heavy atom. The van der Waals surface area contributed by atoms with Crippen molar-refractivity contribution in [1.29, 1.82) is 0 Å². The van der Waals surface area contributed by atoms with Gasteiger partial charge in [0, 0.05) is 6.10 Å². The van der Waals surface area contributed by atoms with Crippen molar-refractivity contribution in [2.75, 3.05) is 0 Å². The molecule has 0 aliphatic rings. The Morgan fingerprint density at radius 2 is 1.76 bits per heavy atom. The van der Waals surface area contributed by atoms with Crippen molar-refractivity contribution in [2.45, 2.75) is 77.6 Å². The first-order valence-electron chi connectivity index (χ1n) is 6.47. The predicted octanol–water partition coefficient (Wildman–Crippen LogP) is 4.94. The molecule has 0 fully saturated rings. The van der Waals surface area contributed by atoms with E-state index in [1.165, 1.54) is 19.3 Å². The molecule has 0 aliphatic carbocycles. The second-order valence-corrected chi connectivity index (χ2v) is 10.9. The van der Waals surface area contributed by atoms with E-state index < -0.39 is 8.32 Å². The maximum absolute atomic E-state index is 6.26. The molecule has 106 valence electrons. The van der Waals surface area contributed by atoms with Gasteiger partial charge in [-0.3, -0.25) is 0 Å². The van der Waals surface area contributed by atoms with Crippen LogP contribution in [0.2, 0.25) is 18.1 Å². The van der Waals surface area contributed by atoms with Crippen molar-refractivity contribution >= 4 is 8.32 Å². The van der Waals surface area contributed by atoms with Gasteiger partial charge in [0.05, 0.1) is 0 Å². The van der Waals surface area contributed by atoms with Crippen LogP contribution in [0, 0.1) is 6.58 Å². The van der Waals surface area contributed by atoms with Crippen molar-refractivity contribution in [3.8, 4) is 0 Å². The fraction of sp³-hybridized carbons (Fsp3) is 0.857. The molecule has 0 amide bonds. The zero-order chi connectivity index (χ0) is 12.8. The van der Waals surface area contributed by atoms with Gasteiger partial charge in [0.2, 0.25) is 0 Å². The number of unbranched alkanes of at least 4 members (excludes halogenated alkanes) is 2. The molecule has 1 nitrogen and oxygen atoms in total. The van der Waals surface area contributed by atoms with Gasteiger partial charge in [0.15, 0.2) is 8.32 Å². The molecule has 0 aliphatic heterocycles. The average molecular weight is 305 g/mol. The summed E-state index contributed by atoms with van der Waals surface area (Å²) in [6, 6.07) is 0. The van der Waals surface area contributed by atoms with Crippen LogP contribution in [0.4, 0.5) is 0 Å². The van der Waals surface area contributed by atoms with Gasteiger partial charge in [-0.2, -0.15) is 0 Å². The fourth-order valence-electron chi connectivity index (χ4n) is 1.35. The first-order chi connectivity index (χ1) is 7.24. The van der Waals surface area contributed by atoms with Gasteiger partial charge in [-0.05, 0) is 24.6 Å². The quantitative estimate of drug-likeness (QED) is 0.367. The van der Waals surface area contributed by atoms with Gasteiger partial charge < -0.3 is 11.0 Å². The Hall–Kier alpha value is 0.436. The second kappa shape index (κ2) is 8.52. The van der Waals surface area contributed by atoms with Gasteiger partial charge in [-0.1, -0.05) is 47.0 Å². The predicted molar refractivity (Wildman–Crippen MR) is 75.1 cm³/mol. The second-order valence-electron chi connectivity index (χ2n) is 6.10. The molecule has 3 heteroatoms. The average Bonchev–Trinajstić information content (AvgIpc) is 2.14. The van der Waals surface area contributed by atoms with E-state index in [1.807, 2.05) is 0 Å². The monoisotopic (exact) mass is 304 g/mol. The molecular weight excluding hydrogens is 276 g/mol. The minimum atomic E-state index is -1.66. The molecule has 0 radical (unpaired) electrons. The molecule has 0 aromatic rings. The van der Waals surface area contributed by atoms with Crippen LogP contribution in [-0.2, 0) is 21.5 Å². The molecule has 0 unspecified atom stereocenters. The summed E-state index contributed by atoms with van der Waals surface area (Å²) >= 11 is 0. The molecule has 1 atom stereocenters. The molecule has 0 spiro atoms. The van der Waals surface area contributed by atoms with Crippen LogP contribution in [0.15, 0.2) is 6.08 Å². The van der Waals surface area contributed by atoms with E-state index in [4.69, 9.17) is 11.0 Å². The summed E-state index contributed by atoms with van der Waals surface area (Å²) in [5.74, 6) is 0. The molecule has 0 aromatic carbocycles. The fourth-order valence-corrected chi connectivity index (χ4v) is 2.65. The third-order valence-corrected chi connectivity index (χ3v) is 8.06. The standard InChI is InChI=1S/C14H29OSi.Cu/c1-8-10-11-12-13(9-2)15-16(6,7)14(3,4)5;/h2,9,13H,8,10-12H2,1,3-7H3;/q-1;+1/t13-;/m1./s1. The largest absolute Gasteiger partial charge is 1.00 e. The summed E-state index contributed by atoms with van der Waals surface area (Å²) in [4.78, 5) is 0. The van der Waals surface area contributed by atoms with E-state index in [1.54, 1.807) is 6.08 Å². The number of hydrogen-bond donors (Lipinski definition) is 0. The summed E-state index contributed by atoms with van der Waals surface area (Å²) in [6.45, 7) is 19.2. The van der Waals surface area contributed by atoms with E-state index in [2.05, 4.69) is 40.8 Å². The Kier molecular flexibility index (Phi) is 9.91. The van der Waals surface area contributed by atoms with E-state index >= 15 is 0 Å². The maximum atomic E-state index is 6.26. The summed E-state index contributed by atoms with van der Waals surface area (Å²) in [5.41, 5.74) is 0. The number of hydrogen-bond acceptors (Lipinski definition) is 1. The van der Waals surface area contributed by atoms with Crippen molar-refractivity contribution in [1.82, 2.24) is 0 Å². The van der Waals surface area contributed by atoms with Crippen LogP contribution in [0.3, 0.4) is 0 Å². The molecule has 0 aromatic heterocycles. The van der Waals surface area contributed by atoms with Gasteiger partial charge in [0.1, 0.15) is 0 Å². The smallest absolute Gasteiger partial charge is 0.515 e. The Balaban J connectivity index is 0. The molecule has 0 bridgehead atoms. The zero-order valence-electron chi connectivity index (χ0n) is 12.3. The third kappa shape index (κ3) is 7.45. The number of rotatable bonds is 7. The summed E-state index contributed by atoms with van der Waals surface area (Å²) in [7, 11) is -1.66. The zero-order valence-corrected chi connectivity index (χ0v) is 14.2. The SMILES string of the molecule is [CH-]=C[C@H](CCCCC)O[Si](C)(C)C(C)(C)C.[Cu+]. The topological polar surface area (TPSA) is 9.23 Å². The molecule has 0 heterocycles. The van der Waals surface area contributed by atoms with Crippen molar-refractivity contribution in [2.24, 2.45) is 0 Å². The van der Waals surface area contributed by atoms with E-state index in [-0.39, 0.29) is 28.2 Å². The van der Waals surface area contributed by atoms with E-state index in [9.17, 15) is 0 Å². The first kappa shape index (κ1) is 19.8. The summed E-state index contributed by atoms with van der Waals surface area (Å²) in [6.07, 6.45) is 6.67. The molecule has 0 N–H and O–H groups in total. The van der Waals surface area contributed by atoms with Gasteiger partial charge >= 0.3 is 17.1 Å². The normalized spacial score (nSPS) is 14.0.